The van der Waals surface area contributed by atoms with E-state index in [2.05, 4.69) is 5.32 Å². The number of hydrogen-bond donors (Lipinski definition) is 1. The zero-order valence-corrected chi connectivity index (χ0v) is 12.3. The summed E-state index contributed by atoms with van der Waals surface area (Å²) in [7, 11) is 0.662. The summed E-state index contributed by atoms with van der Waals surface area (Å²) in [5.41, 5.74) is 0. The van der Waals surface area contributed by atoms with Crippen molar-refractivity contribution in [2.45, 2.75) is 17.4 Å². The fourth-order valence-corrected chi connectivity index (χ4v) is 3.87. The molecule has 1 aliphatic heterocycles. The average Bonchev–Trinajstić information content (AvgIpc) is 2.92. The van der Waals surface area contributed by atoms with Crippen LogP contribution in [0.4, 0.5) is 4.39 Å². The highest BCUT2D eigenvalue weighted by molar-refractivity contribution is 7.85. The standard InChI is InChI=1S/C13H17ClFNO2S/c1-16-13(9-4-5-18-7-9)8-19(17)10-2-3-12(15)11(14)6-10/h2-3,6,9,13,16H,4-5,7-8H2,1H3. The van der Waals surface area contributed by atoms with Gasteiger partial charge in [0.2, 0.25) is 0 Å². The molecule has 0 radical (unpaired) electrons. The van der Waals surface area contributed by atoms with Crippen LogP contribution in [0.15, 0.2) is 23.1 Å². The summed E-state index contributed by atoms with van der Waals surface area (Å²) < 4.78 is 30.7. The molecule has 3 nitrogen and oxygen atoms in total. The summed E-state index contributed by atoms with van der Waals surface area (Å²) in [6, 6.07) is 4.34. The van der Waals surface area contributed by atoms with Gasteiger partial charge < -0.3 is 10.1 Å². The lowest BCUT2D eigenvalue weighted by Gasteiger charge is -2.21. The fraction of sp³-hybridized carbons (Fsp3) is 0.538. The number of rotatable bonds is 5. The molecule has 1 aromatic carbocycles. The van der Waals surface area contributed by atoms with Crippen LogP contribution < -0.4 is 5.32 Å². The first kappa shape index (κ1) is 14.9. The maximum Gasteiger partial charge on any atom is 0.141 e. The molecule has 6 heteroatoms. The third-order valence-electron chi connectivity index (χ3n) is 3.39. The van der Waals surface area contributed by atoms with Crippen molar-refractivity contribution < 1.29 is 13.3 Å². The van der Waals surface area contributed by atoms with Gasteiger partial charge >= 0.3 is 0 Å². The van der Waals surface area contributed by atoms with E-state index in [0.29, 0.717) is 23.2 Å². The zero-order valence-electron chi connectivity index (χ0n) is 10.7. The lowest BCUT2D eigenvalue weighted by Crippen LogP contribution is -2.38. The Kier molecular flexibility index (Phi) is 5.33. The highest BCUT2D eigenvalue weighted by Crippen LogP contribution is 2.22. The molecule has 0 saturated carbocycles. The Morgan fingerprint density at radius 1 is 1.63 bits per heavy atom. The van der Waals surface area contributed by atoms with E-state index in [1.807, 2.05) is 7.05 Å². The Morgan fingerprint density at radius 2 is 2.42 bits per heavy atom. The van der Waals surface area contributed by atoms with Gasteiger partial charge in [0.1, 0.15) is 5.82 Å². The molecule has 0 bridgehead atoms. The molecular formula is C13H17ClFNO2S. The molecule has 1 aromatic rings. The molecule has 1 aliphatic rings. The second-order valence-corrected chi connectivity index (χ2v) is 6.51. The monoisotopic (exact) mass is 305 g/mol. The topological polar surface area (TPSA) is 38.3 Å². The van der Waals surface area contributed by atoms with Crippen LogP contribution in [0, 0.1) is 11.7 Å². The van der Waals surface area contributed by atoms with Gasteiger partial charge in [0.05, 0.1) is 22.4 Å². The SMILES string of the molecule is CNC(CS(=O)c1ccc(F)c(Cl)c1)C1CCOC1. The van der Waals surface area contributed by atoms with E-state index in [4.69, 9.17) is 16.3 Å². The van der Waals surface area contributed by atoms with Crippen LogP contribution in [0.2, 0.25) is 5.02 Å². The van der Waals surface area contributed by atoms with Crippen molar-refractivity contribution in [1.82, 2.24) is 5.32 Å². The lowest BCUT2D eigenvalue weighted by atomic mass is 10.0. The van der Waals surface area contributed by atoms with Crippen LogP contribution in [-0.4, -0.2) is 36.3 Å². The first-order valence-corrected chi connectivity index (χ1v) is 7.90. The van der Waals surface area contributed by atoms with Crippen molar-refractivity contribution in [2.24, 2.45) is 5.92 Å². The van der Waals surface area contributed by atoms with Crippen LogP contribution >= 0.6 is 11.6 Å². The predicted octanol–water partition coefficient (Wildman–Crippen LogP) is 2.21. The van der Waals surface area contributed by atoms with Crippen molar-refractivity contribution >= 4 is 22.4 Å². The van der Waals surface area contributed by atoms with E-state index in [9.17, 15) is 8.60 Å². The molecule has 0 spiro atoms. The van der Waals surface area contributed by atoms with Gasteiger partial charge in [0.25, 0.3) is 0 Å². The number of halogens is 2. The molecule has 3 unspecified atom stereocenters. The Bertz CT molecular complexity index is 466. The van der Waals surface area contributed by atoms with Crippen molar-refractivity contribution in [2.75, 3.05) is 26.0 Å². The Morgan fingerprint density at radius 3 is 3.00 bits per heavy atom. The maximum atomic E-state index is 13.1. The van der Waals surface area contributed by atoms with Crippen LogP contribution in [0.5, 0.6) is 0 Å². The molecule has 1 fully saturated rings. The molecule has 1 N–H and O–H groups in total. The van der Waals surface area contributed by atoms with E-state index in [-0.39, 0.29) is 11.1 Å². The summed E-state index contributed by atoms with van der Waals surface area (Å²) >= 11 is 5.71. The minimum absolute atomic E-state index is 0.0102. The van der Waals surface area contributed by atoms with Gasteiger partial charge in [0.15, 0.2) is 0 Å². The largest absolute Gasteiger partial charge is 0.381 e. The normalized spacial score (nSPS) is 22.4. The summed E-state index contributed by atoms with van der Waals surface area (Å²) in [6.07, 6.45) is 0.979. The maximum absolute atomic E-state index is 13.1. The summed E-state index contributed by atoms with van der Waals surface area (Å²) in [5.74, 6) is 0.369. The molecule has 0 amide bonds. The first-order chi connectivity index (χ1) is 9.11. The third-order valence-corrected chi connectivity index (χ3v) is 5.12. The van der Waals surface area contributed by atoms with Gasteiger partial charge in [0, 0.05) is 29.2 Å². The fourth-order valence-electron chi connectivity index (χ4n) is 2.20. The highest BCUT2D eigenvalue weighted by atomic mass is 35.5. The Balaban J connectivity index is 2.04. The summed E-state index contributed by atoms with van der Waals surface area (Å²) in [4.78, 5) is 0.561. The average molecular weight is 306 g/mol. The van der Waals surface area contributed by atoms with Crippen LogP contribution in [0.25, 0.3) is 0 Å². The van der Waals surface area contributed by atoms with Gasteiger partial charge in [-0.3, -0.25) is 4.21 Å². The van der Waals surface area contributed by atoms with Gasteiger partial charge in [-0.1, -0.05) is 11.6 Å². The number of benzene rings is 1. The molecule has 0 aromatic heterocycles. The van der Waals surface area contributed by atoms with Crippen molar-refractivity contribution in [3.63, 3.8) is 0 Å². The van der Waals surface area contributed by atoms with Crippen LogP contribution in [0.3, 0.4) is 0 Å². The number of hydrogen-bond acceptors (Lipinski definition) is 3. The Labute approximate surface area is 119 Å². The number of ether oxygens (including phenoxy) is 1. The lowest BCUT2D eigenvalue weighted by molar-refractivity contribution is 0.179. The highest BCUT2D eigenvalue weighted by Gasteiger charge is 2.26. The molecular weight excluding hydrogens is 289 g/mol. The Hall–Kier alpha value is -0.490. The van der Waals surface area contributed by atoms with Crippen molar-refractivity contribution in [3.05, 3.63) is 29.0 Å². The van der Waals surface area contributed by atoms with Gasteiger partial charge in [-0.25, -0.2) is 4.39 Å². The summed E-state index contributed by atoms with van der Waals surface area (Å²) in [5, 5.41) is 3.20. The third kappa shape index (κ3) is 3.75. The zero-order chi connectivity index (χ0) is 13.8. The second kappa shape index (κ2) is 6.79. The minimum atomic E-state index is -1.20. The molecule has 1 saturated heterocycles. The number of nitrogens with one attached hydrogen (secondary N) is 1. The van der Waals surface area contributed by atoms with Crippen LogP contribution in [0.1, 0.15) is 6.42 Å². The molecule has 1 heterocycles. The smallest absolute Gasteiger partial charge is 0.141 e. The molecule has 3 atom stereocenters. The predicted molar refractivity (Wildman–Crippen MR) is 74.5 cm³/mol. The minimum Gasteiger partial charge on any atom is -0.381 e. The molecule has 2 rings (SSSR count). The van der Waals surface area contributed by atoms with Crippen molar-refractivity contribution in [3.8, 4) is 0 Å². The van der Waals surface area contributed by atoms with Crippen molar-refractivity contribution in [1.29, 1.82) is 0 Å². The quantitative estimate of drug-likeness (QED) is 0.906. The molecule has 19 heavy (non-hydrogen) atoms. The van der Waals surface area contributed by atoms with Gasteiger partial charge in [-0.15, -0.1) is 0 Å². The molecule has 106 valence electrons. The van der Waals surface area contributed by atoms with Crippen LogP contribution in [-0.2, 0) is 15.5 Å². The second-order valence-electron chi connectivity index (χ2n) is 4.61. The van der Waals surface area contributed by atoms with Gasteiger partial charge in [-0.05, 0) is 31.7 Å². The van der Waals surface area contributed by atoms with E-state index < -0.39 is 16.6 Å². The van der Waals surface area contributed by atoms with E-state index >= 15 is 0 Å². The van der Waals surface area contributed by atoms with E-state index in [1.54, 1.807) is 0 Å². The van der Waals surface area contributed by atoms with Gasteiger partial charge in [-0.2, -0.15) is 0 Å². The first-order valence-electron chi connectivity index (χ1n) is 6.20. The van der Waals surface area contributed by atoms with E-state index in [0.717, 1.165) is 13.0 Å². The molecule has 0 aliphatic carbocycles. The summed E-state index contributed by atoms with van der Waals surface area (Å²) in [6.45, 7) is 1.46. The van der Waals surface area contributed by atoms with E-state index in [1.165, 1.54) is 18.2 Å².